The van der Waals surface area contributed by atoms with Crippen LogP contribution in [0.5, 0.6) is 0 Å². The number of carboxylic acids is 1. The van der Waals surface area contributed by atoms with E-state index in [2.05, 4.69) is 0 Å². The first-order valence-corrected chi connectivity index (χ1v) is 5.11. The maximum absolute atomic E-state index is 11.9. The number of nitrogens with zero attached hydrogens (tertiary/aromatic N) is 1. The normalized spacial score (nSPS) is 17.9. The van der Waals surface area contributed by atoms with Crippen molar-refractivity contribution in [2.45, 2.75) is 13.3 Å². The van der Waals surface area contributed by atoms with Crippen molar-refractivity contribution in [1.29, 1.82) is 0 Å². The number of amides is 1. The zero-order valence-electron chi connectivity index (χ0n) is 9.14. The molecule has 1 amide bonds. The van der Waals surface area contributed by atoms with Gasteiger partial charge in [0.2, 0.25) is 5.91 Å². The number of ether oxygens (including phenoxy) is 1. The summed E-state index contributed by atoms with van der Waals surface area (Å²) in [5.74, 6) is -3.01. The molecule has 0 aliphatic carbocycles. The molecule has 1 heterocycles. The zero-order chi connectivity index (χ0) is 12.1. The van der Waals surface area contributed by atoms with Crippen LogP contribution in [0, 0.1) is 5.92 Å². The molecular weight excluding hydrogens is 214 g/mol. The van der Waals surface area contributed by atoms with Gasteiger partial charge in [-0.05, 0) is 6.92 Å². The molecule has 1 aliphatic heterocycles. The molecule has 1 saturated heterocycles. The van der Waals surface area contributed by atoms with Crippen LogP contribution in [0.1, 0.15) is 13.3 Å². The summed E-state index contributed by atoms with van der Waals surface area (Å²) in [5, 5.41) is 8.63. The summed E-state index contributed by atoms with van der Waals surface area (Å²) in [6.07, 6.45) is -0.439. The van der Waals surface area contributed by atoms with E-state index >= 15 is 0 Å². The summed E-state index contributed by atoms with van der Waals surface area (Å²) in [5.41, 5.74) is 0. The van der Waals surface area contributed by atoms with Crippen molar-refractivity contribution in [1.82, 2.24) is 4.90 Å². The standard InChI is InChI=1S/C10H15NO5/c1-7(12)8(6-9(13)14)10(15)11-2-4-16-5-3-11/h8H,2-6H2,1H3,(H,13,14). The van der Waals surface area contributed by atoms with Gasteiger partial charge >= 0.3 is 5.97 Å². The van der Waals surface area contributed by atoms with E-state index in [1.807, 2.05) is 0 Å². The van der Waals surface area contributed by atoms with Gasteiger partial charge in [0, 0.05) is 13.1 Å². The van der Waals surface area contributed by atoms with Crippen LogP contribution in [0.25, 0.3) is 0 Å². The fourth-order valence-corrected chi connectivity index (χ4v) is 1.58. The number of morpholine rings is 1. The fourth-order valence-electron chi connectivity index (χ4n) is 1.58. The highest BCUT2D eigenvalue weighted by Gasteiger charge is 2.30. The summed E-state index contributed by atoms with van der Waals surface area (Å²) in [6, 6.07) is 0. The van der Waals surface area contributed by atoms with Crippen LogP contribution in [-0.4, -0.2) is 54.0 Å². The Morgan fingerprint density at radius 3 is 2.31 bits per heavy atom. The van der Waals surface area contributed by atoms with Gasteiger partial charge < -0.3 is 14.7 Å². The Balaban J connectivity index is 2.65. The third-order valence-electron chi connectivity index (χ3n) is 2.49. The predicted octanol–water partition coefficient (Wildman–Crippen LogP) is -0.475. The average Bonchev–Trinajstić information content (AvgIpc) is 2.25. The Hall–Kier alpha value is -1.43. The van der Waals surface area contributed by atoms with Crippen LogP contribution in [-0.2, 0) is 19.1 Å². The van der Waals surface area contributed by atoms with Crippen molar-refractivity contribution in [3.63, 3.8) is 0 Å². The molecule has 6 nitrogen and oxygen atoms in total. The molecule has 1 atom stereocenters. The Morgan fingerprint density at radius 2 is 1.88 bits per heavy atom. The average molecular weight is 229 g/mol. The smallest absolute Gasteiger partial charge is 0.304 e. The minimum atomic E-state index is -1.14. The Bertz CT molecular complexity index is 296. The number of carboxylic acid groups (broad SMARTS) is 1. The van der Waals surface area contributed by atoms with E-state index in [9.17, 15) is 14.4 Å². The van der Waals surface area contributed by atoms with Crippen molar-refractivity contribution < 1.29 is 24.2 Å². The molecule has 1 fully saturated rings. The minimum absolute atomic E-state index is 0.404. The zero-order valence-corrected chi connectivity index (χ0v) is 9.14. The number of Topliss-reactive ketones (excluding diaryl/α,β-unsaturated/α-hetero) is 1. The van der Waals surface area contributed by atoms with Crippen LogP contribution < -0.4 is 0 Å². The lowest BCUT2D eigenvalue weighted by atomic mass is 9.99. The summed E-state index contributed by atoms with van der Waals surface area (Å²) < 4.78 is 5.08. The summed E-state index contributed by atoms with van der Waals surface area (Å²) in [4.78, 5) is 35.1. The van der Waals surface area contributed by atoms with Gasteiger partial charge in [-0.25, -0.2) is 0 Å². The number of rotatable bonds is 4. The van der Waals surface area contributed by atoms with Crippen LogP contribution in [0.15, 0.2) is 0 Å². The van der Waals surface area contributed by atoms with Crippen LogP contribution in [0.3, 0.4) is 0 Å². The highest BCUT2D eigenvalue weighted by molar-refractivity contribution is 6.02. The molecule has 1 aliphatic rings. The van der Waals surface area contributed by atoms with Crippen molar-refractivity contribution in [2.24, 2.45) is 5.92 Å². The second-order valence-electron chi connectivity index (χ2n) is 3.70. The van der Waals surface area contributed by atoms with Crippen molar-refractivity contribution in [3.05, 3.63) is 0 Å². The van der Waals surface area contributed by atoms with Gasteiger partial charge in [-0.1, -0.05) is 0 Å². The molecule has 0 aromatic heterocycles. The Labute approximate surface area is 93.2 Å². The number of carbonyl (C=O) groups is 3. The molecular formula is C10H15NO5. The number of carbonyl (C=O) groups excluding carboxylic acids is 2. The molecule has 1 unspecified atom stereocenters. The number of hydrogen-bond donors (Lipinski definition) is 1. The lowest BCUT2D eigenvalue weighted by Crippen LogP contribution is -2.45. The second-order valence-corrected chi connectivity index (χ2v) is 3.70. The maximum atomic E-state index is 11.9. The van der Waals surface area contributed by atoms with Crippen LogP contribution in [0.4, 0.5) is 0 Å². The van der Waals surface area contributed by atoms with Crippen molar-refractivity contribution >= 4 is 17.7 Å². The minimum Gasteiger partial charge on any atom is -0.481 e. The molecule has 0 aromatic carbocycles. The van der Waals surface area contributed by atoms with Gasteiger partial charge in [-0.15, -0.1) is 0 Å². The third-order valence-corrected chi connectivity index (χ3v) is 2.49. The predicted molar refractivity (Wildman–Crippen MR) is 53.8 cm³/mol. The molecule has 0 bridgehead atoms. The van der Waals surface area contributed by atoms with Gasteiger partial charge in [-0.2, -0.15) is 0 Å². The third kappa shape index (κ3) is 3.30. The largest absolute Gasteiger partial charge is 0.481 e. The number of ketones is 1. The first-order valence-electron chi connectivity index (χ1n) is 5.11. The van der Waals surface area contributed by atoms with E-state index in [4.69, 9.17) is 9.84 Å². The van der Waals surface area contributed by atoms with Gasteiger partial charge in [0.1, 0.15) is 11.7 Å². The SMILES string of the molecule is CC(=O)C(CC(=O)O)C(=O)N1CCOCC1. The lowest BCUT2D eigenvalue weighted by Gasteiger charge is -2.29. The molecule has 0 aromatic rings. The first-order chi connectivity index (χ1) is 7.52. The quantitative estimate of drug-likeness (QED) is 0.658. The van der Waals surface area contributed by atoms with Crippen molar-refractivity contribution in [2.75, 3.05) is 26.3 Å². The van der Waals surface area contributed by atoms with E-state index in [1.54, 1.807) is 0 Å². The maximum Gasteiger partial charge on any atom is 0.304 e. The summed E-state index contributed by atoms with van der Waals surface area (Å²) in [7, 11) is 0. The highest BCUT2D eigenvalue weighted by Crippen LogP contribution is 2.11. The van der Waals surface area contributed by atoms with Gasteiger partial charge in [0.25, 0.3) is 0 Å². The van der Waals surface area contributed by atoms with E-state index in [-0.39, 0.29) is 0 Å². The van der Waals surface area contributed by atoms with E-state index < -0.39 is 30.0 Å². The molecule has 0 radical (unpaired) electrons. The molecule has 1 rings (SSSR count). The Kier molecular flexibility index (Phi) is 4.42. The van der Waals surface area contributed by atoms with Crippen LogP contribution >= 0.6 is 0 Å². The number of aliphatic carboxylic acids is 1. The molecule has 1 N–H and O–H groups in total. The molecule has 16 heavy (non-hydrogen) atoms. The van der Waals surface area contributed by atoms with Gasteiger partial charge in [-0.3, -0.25) is 14.4 Å². The monoisotopic (exact) mass is 229 g/mol. The highest BCUT2D eigenvalue weighted by atomic mass is 16.5. The molecule has 90 valence electrons. The van der Waals surface area contributed by atoms with Crippen LogP contribution in [0.2, 0.25) is 0 Å². The lowest BCUT2D eigenvalue weighted by molar-refractivity contribution is -0.150. The van der Waals surface area contributed by atoms with E-state index in [1.165, 1.54) is 11.8 Å². The molecule has 0 saturated carbocycles. The summed E-state index contributed by atoms with van der Waals surface area (Å²) >= 11 is 0. The fraction of sp³-hybridized carbons (Fsp3) is 0.700. The topological polar surface area (TPSA) is 83.9 Å². The van der Waals surface area contributed by atoms with Gasteiger partial charge in [0.15, 0.2) is 0 Å². The van der Waals surface area contributed by atoms with Gasteiger partial charge in [0.05, 0.1) is 19.6 Å². The number of hydrogen-bond acceptors (Lipinski definition) is 4. The van der Waals surface area contributed by atoms with Crippen molar-refractivity contribution in [3.8, 4) is 0 Å². The Morgan fingerprint density at radius 1 is 1.31 bits per heavy atom. The molecule has 0 spiro atoms. The summed E-state index contributed by atoms with van der Waals surface area (Å²) in [6.45, 7) is 2.95. The van der Waals surface area contributed by atoms with E-state index in [0.29, 0.717) is 26.3 Å². The van der Waals surface area contributed by atoms with E-state index in [0.717, 1.165) is 0 Å². The molecule has 6 heteroatoms. The second kappa shape index (κ2) is 5.60. The first kappa shape index (κ1) is 12.6.